The van der Waals surface area contributed by atoms with E-state index in [0.717, 1.165) is 30.8 Å². The number of aliphatic carboxylic acids is 1. The number of nitrogen functional groups attached to an aromatic ring is 1. The Bertz CT molecular complexity index is 1410. The summed E-state index contributed by atoms with van der Waals surface area (Å²) in [6, 6.07) is 33.0. The highest BCUT2D eigenvalue weighted by Crippen LogP contribution is 2.22. The molecule has 4 aromatic carbocycles. The lowest BCUT2D eigenvalue weighted by Gasteiger charge is -2.09. The molecule has 204 valence electrons. The number of carboxylic acid groups (broad SMARTS) is 1. The first kappa shape index (κ1) is 29.4. The molecule has 1 fully saturated rings. The fourth-order valence-corrected chi connectivity index (χ4v) is 4.10. The summed E-state index contributed by atoms with van der Waals surface area (Å²) in [7, 11) is 3.28. The second-order valence-corrected chi connectivity index (χ2v) is 8.72. The van der Waals surface area contributed by atoms with E-state index in [1.807, 2.05) is 42.5 Å². The molecule has 5 aromatic rings. The summed E-state index contributed by atoms with van der Waals surface area (Å²) >= 11 is 0. The van der Waals surface area contributed by atoms with Gasteiger partial charge in [-0.3, -0.25) is 4.79 Å². The van der Waals surface area contributed by atoms with Crippen LogP contribution in [0.5, 0.6) is 0 Å². The molecule has 39 heavy (non-hydrogen) atoms. The maximum Gasteiger partial charge on any atom is 0.300 e. The van der Waals surface area contributed by atoms with Gasteiger partial charge in [0, 0.05) is 62.8 Å². The molecular formula is C32H36N2O5. The fourth-order valence-electron chi connectivity index (χ4n) is 4.10. The van der Waals surface area contributed by atoms with E-state index in [2.05, 4.69) is 71.6 Å². The maximum absolute atomic E-state index is 9.00. The van der Waals surface area contributed by atoms with Gasteiger partial charge in [0.15, 0.2) is 12.6 Å². The summed E-state index contributed by atoms with van der Waals surface area (Å²) < 4.78 is 17.2. The Labute approximate surface area is 229 Å². The summed E-state index contributed by atoms with van der Waals surface area (Å²) in [4.78, 5) is 9.00. The van der Waals surface area contributed by atoms with Crippen LogP contribution in [0, 0.1) is 0 Å². The molecule has 3 N–H and O–H groups in total. The lowest BCUT2D eigenvalue weighted by atomic mass is 10.1. The summed E-state index contributed by atoms with van der Waals surface area (Å²) in [5, 5.41) is 12.3. The van der Waals surface area contributed by atoms with Gasteiger partial charge in [-0.2, -0.15) is 0 Å². The highest BCUT2D eigenvalue weighted by Gasteiger charge is 2.23. The predicted molar refractivity (Wildman–Crippen MR) is 157 cm³/mol. The van der Waals surface area contributed by atoms with Crippen LogP contribution in [0.3, 0.4) is 0 Å². The molecule has 1 aliphatic heterocycles. The van der Waals surface area contributed by atoms with Gasteiger partial charge < -0.3 is 29.6 Å². The van der Waals surface area contributed by atoms with Gasteiger partial charge in [0.1, 0.15) is 0 Å². The number of hydrogen-bond acceptors (Lipinski definition) is 5. The molecule has 0 radical (unpaired) electrons. The number of ether oxygens (including phenoxy) is 3. The molecule has 2 unspecified atom stereocenters. The number of nitrogens with two attached hydrogens (primary N) is 1. The molecule has 0 spiro atoms. The van der Waals surface area contributed by atoms with E-state index in [1.54, 1.807) is 14.2 Å². The normalized spacial score (nSPS) is 15.8. The number of nitrogens with zero attached hydrogens (tertiary/aromatic N) is 1. The highest BCUT2D eigenvalue weighted by atomic mass is 16.8. The Morgan fingerprint density at radius 3 is 1.74 bits per heavy atom. The third-order valence-electron chi connectivity index (χ3n) is 5.94. The van der Waals surface area contributed by atoms with Crippen molar-refractivity contribution >= 4 is 33.2 Å². The Kier molecular flexibility index (Phi) is 11.5. The molecule has 1 aromatic heterocycles. The van der Waals surface area contributed by atoms with Crippen molar-refractivity contribution in [2.24, 2.45) is 0 Å². The molecule has 7 heteroatoms. The van der Waals surface area contributed by atoms with E-state index in [4.69, 9.17) is 29.8 Å². The van der Waals surface area contributed by atoms with E-state index in [0.29, 0.717) is 0 Å². The topological polar surface area (TPSA) is 95.9 Å². The van der Waals surface area contributed by atoms with Crippen LogP contribution in [0.4, 0.5) is 5.69 Å². The van der Waals surface area contributed by atoms with Gasteiger partial charge in [-0.05, 0) is 35.0 Å². The van der Waals surface area contributed by atoms with Crippen LogP contribution in [-0.4, -0.2) is 42.4 Å². The first-order chi connectivity index (χ1) is 18.9. The van der Waals surface area contributed by atoms with Gasteiger partial charge in [-0.25, -0.2) is 0 Å². The lowest BCUT2D eigenvalue weighted by molar-refractivity contribution is -0.185. The first-order valence-electron chi connectivity index (χ1n) is 12.7. The predicted octanol–water partition coefficient (Wildman–Crippen LogP) is 6.89. The summed E-state index contributed by atoms with van der Waals surface area (Å²) in [5.41, 5.74) is 7.84. The Morgan fingerprint density at radius 2 is 1.23 bits per heavy atom. The van der Waals surface area contributed by atoms with Crippen LogP contribution in [0.25, 0.3) is 27.2 Å². The zero-order chi connectivity index (χ0) is 28.0. The van der Waals surface area contributed by atoms with Gasteiger partial charge in [-0.15, -0.1) is 0 Å². The number of anilines is 1. The number of rotatable bonds is 3. The Balaban J connectivity index is 0.000000156. The van der Waals surface area contributed by atoms with Crippen molar-refractivity contribution in [3.8, 4) is 5.69 Å². The number of aromatic nitrogens is 1. The second kappa shape index (κ2) is 15.3. The average Bonchev–Trinajstić information content (AvgIpc) is 3.66. The van der Waals surface area contributed by atoms with Crippen molar-refractivity contribution in [1.29, 1.82) is 0 Å². The van der Waals surface area contributed by atoms with Gasteiger partial charge in [-0.1, -0.05) is 72.8 Å². The minimum absolute atomic E-state index is 0.0463. The molecule has 6 rings (SSSR count). The fraction of sp³-hybridized carbons (Fsp3) is 0.219. The molecular weight excluding hydrogens is 492 g/mol. The van der Waals surface area contributed by atoms with Crippen molar-refractivity contribution < 1.29 is 24.1 Å². The largest absolute Gasteiger partial charge is 0.481 e. The van der Waals surface area contributed by atoms with Crippen molar-refractivity contribution in [1.82, 2.24) is 4.57 Å². The second-order valence-electron chi connectivity index (χ2n) is 8.72. The number of benzene rings is 4. The van der Waals surface area contributed by atoms with Crippen LogP contribution in [0.2, 0.25) is 0 Å². The minimum atomic E-state index is -0.833. The van der Waals surface area contributed by atoms with Gasteiger partial charge in [0.25, 0.3) is 5.97 Å². The quantitative estimate of drug-likeness (QED) is 0.248. The number of hydrogen-bond donors (Lipinski definition) is 2. The van der Waals surface area contributed by atoms with Gasteiger partial charge in [0.2, 0.25) is 0 Å². The average molecular weight is 529 g/mol. The summed E-state index contributed by atoms with van der Waals surface area (Å²) in [6.45, 7) is 1.08. The van der Waals surface area contributed by atoms with E-state index < -0.39 is 5.97 Å². The van der Waals surface area contributed by atoms with E-state index in [1.165, 1.54) is 21.8 Å². The Hall–Kier alpha value is -4.17. The van der Waals surface area contributed by atoms with Crippen LogP contribution in [0.15, 0.2) is 109 Å². The van der Waals surface area contributed by atoms with Crippen molar-refractivity contribution in [2.75, 3.05) is 20.0 Å². The molecule has 2 heterocycles. The third kappa shape index (κ3) is 8.97. The molecule has 1 saturated heterocycles. The minimum Gasteiger partial charge on any atom is -0.481 e. The van der Waals surface area contributed by atoms with Crippen LogP contribution >= 0.6 is 0 Å². The maximum atomic E-state index is 9.00. The first-order valence-corrected chi connectivity index (χ1v) is 12.7. The van der Waals surface area contributed by atoms with Crippen molar-refractivity contribution in [2.45, 2.75) is 32.3 Å². The standard InChI is InChI=1S/C14H11N.C10H9N.C6H12O3.C2H4O2/c1-2-8-13-12(6-1)7-5-9-14(13)15-10-3-4-11-15;11-10-7-3-5-8-4-1-2-6-9(8)10;1-7-5-3-4-6(8-2)9-5;1-2(3)4/h1-11H;1-7H,11H2;5-6H,3-4H2,1-2H3;1H3,(H,3,4). The molecule has 2 atom stereocenters. The molecule has 0 amide bonds. The summed E-state index contributed by atoms with van der Waals surface area (Å²) in [6.07, 6.45) is 5.93. The van der Waals surface area contributed by atoms with Gasteiger partial charge in [0.05, 0.1) is 5.69 Å². The SMILES string of the molecule is CC(=O)O.COC1CCC(OC)O1.Nc1cccc2ccccc12.c1ccc2c(-n3cccc3)cccc2c1. The molecule has 0 saturated carbocycles. The molecule has 7 nitrogen and oxygen atoms in total. The van der Waals surface area contributed by atoms with Crippen molar-refractivity contribution in [3.05, 3.63) is 109 Å². The van der Waals surface area contributed by atoms with E-state index in [-0.39, 0.29) is 12.6 Å². The number of carbonyl (C=O) groups is 1. The van der Waals surface area contributed by atoms with Crippen LogP contribution < -0.4 is 5.73 Å². The monoisotopic (exact) mass is 528 g/mol. The van der Waals surface area contributed by atoms with E-state index >= 15 is 0 Å². The zero-order valence-electron chi connectivity index (χ0n) is 22.6. The number of carboxylic acids is 1. The Morgan fingerprint density at radius 1 is 0.769 bits per heavy atom. The molecule has 0 aliphatic carbocycles. The number of methoxy groups -OCH3 is 2. The molecule has 0 bridgehead atoms. The van der Waals surface area contributed by atoms with Gasteiger partial charge >= 0.3 is 0 Å². The smallest absolute Gasteiger partial charge is 0.300 e. The van der Waals surface area contributed by atoms with Crippen LogP contribution in [0.1, 0.15) is 19.8 Å². The summed E-state index contributed by atoms with van der Waals surface area (Å²) in [5.74, 6) is -0.833. The highest BCUT2D eigenvalue weighted by molar-refractivity contribution is 5.92. The zero-order valence-corrected chi connectivity index (χ0v) is 22.6. The van der Waals surface area contributed by atoms with Crippen molar-refractivity contribution in [3.63, 3.8) is 0 Å². The van der Waals surface area contributed by atoms with Crippen LogP contribution in [-0.2, 0) is 19.0 Å². The number of fused-ring (bicyclic) bond motifs is 2. The third-order valence-corrected chi connectivity index (χ3v) is 5.94. The molecule has 1 aliphatic rings. The van der Waals surface area contributed by atoms with E-state index in [9.17, 15) is 0 Å². The lowest BCUT2D eigenvalue weighted by Crippen LogP contribution is -2.13.